The van der Waals surface area contributed by atoms with E-state index in [0.717, 1.165) is 25.7 Å². The lowest BCUT2D eigenvalue weighted by atomic mass is 9.98. The molecule has 238 valence electrons. The van der Waals surface area contributed by atoms with Gasteiger partial charge < -0.3 is 18.6 Å². The van der Waals surface area contributed by atoms with E-state index in [1.54, 1.807) is 62.8 Å². The van der Waals surface area contributed by atoms with Crippen LogP contribution in [0.4, 0.5) is 5.88 Å². The van der Waals surface area contributed by atoms with Crippen molar-refractivity contribution in [1.82, 2.24) is 4.31 Å². The Bertz CT molecular complexity index is 1830. The molecule has 1 aliphatic heterocycles. The molecule has 1 fully saturated rings. The van der Waals surface area contributed by atoms with E-state index in [2.05, 4.69) is 11.4 Å². The number of benzene rings is 3. The Labute approximate surface area is 267 Å². The quantitative estimate of drug-likeness (QED) is 0.210. The minimum absolute atomic E-state index is 0.0804. The maximum atomic E-state index is 13.0. The van der Waals surface area contributed by atoms with Gasteiger partial charge in [0.15, 0.2) is 6.61 Å². The van der Waals surface area contributed by atoms with E-state index in [9.17, 15) is 23.3 Å². The third-order valence-electron chi connectivity index (χ3n) is 7.63. The number of anilines is 1. The molecular formula is C34H33N3O8S. The molecule has 0 spiro atoms. The number of rotatable bonds is 10. The van der Waals surface area contributed by atoms with Gasteiger partial charge in [0.2, 0.25) is 15.9 Å². The number of esters is 1. The molecule has 1 aromatic heterocycles. The molecule has 5 rings (SSSR count). The highest BCUT2D eigenvalue weighted by molar-refractivity contribution is 7.89. The predicted molar refractivity (Wildman–Crippen MR) is 170 cm³/mol. The molecule has 1 N–H and O–H groups in total. The van der Waals surface area contributed by atoms with Crippen LogP contribution in [0, 0.1) is 11.3 Å². The van der Waals surface area contributed by atoms with Crippen LogP contribution in [0.3, 0.4) is 0 Å². The molecule has 0 radical (unpaired) electrons. The highest BCUT2D eigenvalue weighted by Crippen LogP contribution is 2.42. The third kappa shape index (κ3) is 7.06. The third-order valence-corrected chi connectivity index (χ3v) is 9.54. The summed E-state index contributed by atoms with van der Waals surface area (Å²) in [7, 11) is -0.575. The van der Waals surface area contributed by atoms with Crippen LogP contribution in [0.25, 0.3) is 22.5 Å². The van der Waals surface area contributed by atoms with E-state index < -0.39 is 28.5 Å². The summed E-state index contributed by atoms with van der Waals surface area (Å²) in [5.74, 6) is -0.0603. The number of methoxy groups -OCH3 is 2. The second-order valence-electron chi connectivity index (χ2n) is 10.5. The fourth-order valence-electron chi connectivity index (χ4n) is 5.18. The van der Waals surface area contributed by atoms with Crippen LogP contribution in [0.15, 0.2) is 82.1 Å². The molecule has 11 nitrogen and oxygen atoms in total. The van der Waals surface area contributed by atoms with Gasteiger partial charge in [-0.3, -0.25) is 10.1 Å². The van der Waals surface area contributed by atoms with Crippen LogP contribution in [0.5, 0.6) is 11.5 Å². The van der Waals surface area contributed by atoms with Crippen molar-refractivity contribution in [3.63, 3.8) is 0 Å². The highest BCUT2D eigenvalue weighted by atomic mass is 32.2. The Morgan fingerprint density at radius 3 is 1.96 bits per heavy atom. The van der Waals surface area contributed by atoms with Crippen LogP contribution in [0.1, 0.15) is 41.6 Å². The maximum absolute atomic E-state index is 13.0. The molecule has 4 aromatic rings. The number of carbonyl (C=O) groups excluding carboxylic acids is 2. The first-order valence-electron chi connectivity index (χ1n) is 14.7. The zero-order chi connectivity index (χ0) is 32.7. The molecule has 46 heavy (non-hydrogen) atoms. The standard InChI is InChI=1S/C34H33N3O8S/c1-42-26-13-7-23(8-14-26)31-29(21-35)33(45-32(31)24-9-15-27(43-2)16-10-24)36-30(38)22-44-34(39)25-11-17-28(18-12-25)46(40,41)37-19-5-3-4-6-20-37/h7-18H,3-6,19-20,22H2,1-2H3,(H,36,38). The van der Waals surface area contributed by atoms with Gasteiger partial charge in [0.05, 0.1) is 24.7 Å². The second-order valence-corrected chi connectivity index (χ2v) is 12.5. The summed E-state index contributed by atoms with van der Waals surface area (Å²) in [6, 6.07) is 21.6. The normalized spacial score (nSPS) is 13.7. The number of furan rings is 1. The van der Waals surface area contributed by atoms with Crippen LogP contribution < -0.4 is 14.8 Å². The number of nitrogens with zero attached hydrogens (tertiary/aromatic N) is 2. The number of amides is 1. The van der Waals surface area contributed by atoms with Gasteiger partial charge in [-0.2, -0.15) is 9.57 Å². The number of hydrogen-bond donors (Lipinski definition) is 1. The number of ether oxygens (including phenoxy) is 3. The molecule has 0 atom stereocenters. The fourth-order valence-corrected chi connectivity index (χ4v) is 6.69. The Morgan fingerprint density at radius 1 is 0.848 bits per heavy atom. The van der Waals surface area contributed by atoms with Crippen molar-refractivity contribution >= 4 is 27.8 Å². The lowest BCUT2D eigenvalue weighted by Crippen LogP contribution is -2.31. The summed E-state index contributed by atoms with van der Waals surface area (Å²) in [6.45, 7) is 0.259. The number of carbonyl (C=O) groups is 2. The van der Waals surface area contributed by atoms with Gasteiger partial charge in [-0.25, -0.2) is 13.2 Å². The Kier molecular flexibility index (Phi) is 10.0. The van der Waals surface area contributed by atoms with E-state index in [1.165, 1.54) is 28.6 Å². The highest BCUT2D eigenvalue weighted by Gasteiger charge is 2.27. The van der Waals surface area contributed by atoms with Crippen molar-refractivity contribution in [2.45, 2.75) is 30.6 Å². The summed E-state index contributed by atoms with van der Waals surface area (Å²) >= 11 is 0. The molecule has 3 aromatic carbocycles. The van der Waals surface area contributed by atoms with Gasteiger partial charge in [0, 0.05) is 24.2 Å². The molecule has 1 amide bonds. The summed E-state index contributed by atoms with van der Waals surface area (Å²) in [5.41, 5.74) is 1.91. The van der Waals surface area contributed by atoms with Crippen molar-refractivity contribution in [3.05, 3.63) is 83.9 Å². The first-order valence-corrected chi connectivity index (χ1v) is 16.1. The van der Waals surface area contributed by atoms with Gasteiger partial charge in [0.1, 0.15) is 28.9 Å². The largest absolute Gasteiger partial charge is 0.497 e. The van der Waals surface area contributed by atoms with Crippen molar-refractivity contribution in [2.75, 3.05) is 39.2 Å². The summed E-state index contributed by atoms with van der Waals surface area (Å²) < 4.78 is 49.3. The monoisotopic (exact) mass is 643 g/mol. The maximum Gasteiger partial charge on any atom is 0.338 e. The molecule has 1 saturated heterocycles. The molecule has 0 bridgehead atoms. The van der Waals surface area contributed by atoms with Crippen LogP contribution in [0.2, 0.25) is 0 Å². The van der Waals surface area contributed by atoms with Crippen LogP contribution in [-0.2, 0) is 19.6 Å². The first-order chi connectivity index (χ1) is 22.2. The summed E-state index contributed by atoms with van der Waals surface area (Å²) in [4.78, 5) is 25.7. The number of sulfonamides is 1. The van der Waals surface area contributed by atoms with Gasteiger partial charge >= 0.3 is 5.97 Å². The predicted octanol–water partition coefficient (Wildman–Crippen LogP) is 5.86. The lowest BCUT2D eigenvalue weighted by Gasteiger charge is -2.19. The van der Waals surface area contributed by atoms with E-state index in [-0.39, 0.29) is 21.9 Å². The topological polar surface area (TPSA) is 148 Å². The van der Waals surface area contributed by atoms with E-state index >= 15 is 0 Å². The second kappa shape index (κ2) is 14.3. The van der Waals surface area contributed by atoms with E-state index in [1.807, 2.05) is 0 Å². The van der Waals surface area contributed by atoms with Crippen molar-refractivity contribution in [1.29, 1.82) is 5.26 Å². The molecule has 12 heteroatoms. The Balaban J connectivity index is 1.31. The Hall–Kier alpha value is -5.12. The van der Waals surface area contributed by atoms with E-state index in [0.29, 0.717) is 47.0 Å². The first kappa shape index (κ1) is 32.3. The number of nitrogens with one attached hydrogen (secondary N) is 1. The zero-order valence-corrected chi connectivity index (χ0v) is 26.3. The average Bonchev–Trinajstić information content (AvgIpc) is 3.23. The van der Waals surface area contributed by atoms with Crippen molar-refractivity contribution < 1.29 is 36.6 Å². The summed E-state index contributed by atoms with van der Waals surface area (Å²) in [6.07, 6.45) is 3.61. The van der Waals surface area contributed by atoms with Gasteiger partial charge in [0.25, 0.3) is 5.91 Å². The van der Waals surface area contributed by atoms with Gasteiger partial charge in [-0.05, 0) is 79.1 Å². The molecular weight excluding hydrogens is 610 g/mol. The van der Waals surface area contributed by atoms with Crippen molar-refractivity contribution in [3.8, 4) is 40.0 Å². The fraction of sp³-hybridized carbons (Fsp3) is 0.265. The Morgan fingerprint density at radius 2 is 1.41 bits per heavy atom. The van der Waals surface area contributed by atoms with Gasteiger partial charge in [-0.1, -0.05) is 25.0 Å². The molecule has 2 heterocycles. The number of hydrogen-bond acceptors (Lipinski definition) is 9. The minimum atomic E-state index is -3.68. The SMILES string of the molecule is COc1ccc(-c2oc(NC(=O)COC(=O)c3ccc(S(=O)(=O)N4CCCCCC4)cc3)c(C#N)c2-c2ccc(OC)cc2)cc1. The molecule has 0 saturated carbocycles. The molecule has 0 unspecified atom stereocenters. The van der Waals surface area contributed by atoms with Crippen LogP contribution >= 0.6 is 0 Å². The van der Waals surface area contributed by atoms with Gasteiger partial charge in [-0.15, -0.1) is 0 Å². The average molecular weight is 644 g/mol. The minimum Gasteiger partial charge on any atom is -0.497 e. The zero-order valence-electron chi connectivity index (χ0n) is 25.4. The molecule has 0 aliphatic carbocycles. The molecule has 1 aliphatic rings. The lowest BCUT2D eigenvalue weighted by molar-refractivity contribution is -0.119. The van der Waals surface area contributed by atoms with Crippen LogP contribution in [-0.4, -0.2) is 58.5 Å². The van der Waals surface area contributed by atoms with Crippen molar-refractivity contribution in [2.24, 2.45) is 0 Å². The number of nitriles is 1. The van der Waals surface area contributed by atoms with E-state index in [4.69, 9.17) is 18.6 Å². The smallest absolute Gasteiger partial charge is 0.338 e. The summed E-state index contributed by atoms with van der Waals surface area (Å²) in [5, 5.41) is 12.7.